The molecule has 0 saturated heterocycles. The van der Waals surface area contributed by atoms with Crippen LogP contribution in [0.2, 0.25) is 0 Å². The predicted octanol–water partition coefficient (Wildman–Crippen LogP) is 1.54. The van der Waals surface area contributed by atoms with Crippen molar-refractivity contribution in [2.45, 2.75) is 5.16 Å². The van der Waals surface area contributed by atoms with Crippen LogP contribution >= 0.6 is 11.8 Å². The van der Waals surface area contributed by atoms with Crippen molar-refractivity contribution in [2.75, 3.05) is 12.0 Å². The van der Waals surface area contributed by atoms with E-state index in [9.17, 15) is 4.79 Å². The second-order valence-electron chi connectivity index (χ2n) is 3.18. The SMILES string of the molecule is CSc1nc(=O)cc(N)n1-c1ccccc1. The number of thioether (sulfide) groups is 1. The van der Waals surface area contributed by atoms with E-state index in [-0.39, 0.29) is 5.56 Å². The smallest absolute Gasteiger partial charge is 0.275 e. The summed E-state index contributed by atoms with van der Waals surface area (Å²) >= 11 is 1.39. The Bertz CT molecular complexity index is 551. The minimum atomic E-state index is -0.311. The van der Waals surface area contributed by atoms with Crippen molar-refractivity contribution in [1.29, 1.82) is 0 Å². The average molecular weight is 233 g/mol. The molecule has 2 N–H and O–H groups in total. The summed E-state index contributed by atoms with van der Waals surface area (Å²) in [5, 5.41) is 0.594. The average Bonchev–Trinajstić information content (AvgIpc) is 2.29. The second kappa shape index (κ2) is 4.40. The minimum Gasteiger partial charge on any atom is -0.385 e. The van der Waals surface area contributed by atoms with E-state index in [1.54, 1.807) is 4.57 Å². The van der Waals surface area contributed by atoms with Crippen molar-refractivity contribution in [2.24, 2.45) is 0 Å². The summed E-state index contributed by atoms with van der Waals surface area (Å²) in [6.45, 7) is 0. The van der Waals surface area contributed by atoms with E-state index in [0.717, 1.165) is 5.69 Å². The van der Waals surface area contributed by atoms with Gasteiger partial charge in [0.15, 0.2) is 5.16 Å². The fourth-order valence-corrected chi connectivity index (χ4v) is 2.03. The van der Waals surface area contributed by atoms with Gasteiger partial charge in [-0.25, -0.2) is 0 Å². The van der Waals surface area contributed by atoms with Gasteiger partial charge in [-0.3, -0.25) is 9.36 Å². The Balaban J connectivity index is 2.69. The summed E-state index contributed by atoms with van der Waals surface area (Å²) in [5.74, 6) is 0.399. The summed E-state index contributed by atoms with van der Waals surface area (Å²) in [6.07, 6.45) is 1.86. The maximum atomic E-state index is 11.2. The largest absolute Gasteiger partial charge is 0.385 e. The molecule has 1 aromatic carbocycles. The maximum absolute atomic E-state index is 11.2. The molecule has 0 amide bonds. The van der Waals surface area contributed by atoms with E-state index in [4.69, 9.17) is 5.73 Å². The van der Waals surface area contributed by atoms with Crippen molar-refractivity contribution >= 4 is 17.6 Å². The van der Waals surface area contributed by atoms with E-state index in [1.165, 1.54) is 17.8 Å². The van der Waals surface area contributed by atoms with Gasteiger partial charge in [0.25, 0.3) is 5.56 Å². The summed E-state index contributed by atoms with van der Waals surface area (Å²) in [5.41, 5.74) is 6.43. The topological polar surface area (TPSA) is 60.9 Å². The van der Waals surface area contributed by atoms with Crippen LogP contribution in [0.4, 0.5) is 5.82 Å². The summed E-state index contributed by atoms with van der Waals surface area (Å²) in [7, 11) is 0. The summed E-state index contributed by atoms with van der Waals surface area (Å²) in [4.78, 5) is 15.2. The van der Waals surface area contributed by atoms with E-state index in [1.807, 2.05) is 36.6 Å². The summed E-state index contributed by atoms with van der Waals surface area (Å²) < 4.78 is 1.76. The van der Waals surface area contributed by atoms with Gasteiger partial charge in [0.2, 0.25) is 0 Å². The molecule has 0 bridgehead atoms. The highest BCUT2D eigenvalue weighted by atomic mass is 32.2. The van der Waals surface area contributed by atoms with Crippen LogP contribution < -0.4 is 11.3 Å². The fraction of sp³-hybridized carbons (Fsp3) is 0.0909. The molecule has 0 aliphatic carbocycles. The zero-order valence-electron chi connectivity index (χ0n) is 8.75. The number of para-hydroxylation sites is 1. The lowest BCUT2D eigenvalue weighted by atomic mass is 10.3. The third-order valence-corrected chi connectivity index (χ3v) is 2.76. The number of nitrogens with zero attached hydrogens (tertiary/aromatic N) is 2. The van der Waals surface area contributed by atoms with Gasteiger partial charge >= 0.3 is 0 Å². The number of hydrogen-bond acceptors (Lipinski definition) is 4. The van der Waals surface area contributed by atoms with Crippen LogP contribution in [0.1, 0.15) is 0 Å². The van der Waals surface area contributed by atoms with Gasteiger partial charge in [0.1, 0.15) is 5.82 Å². The Morgan fingerprint density at radius 1 is 1.31 bits per heavy atom. The van der Waals surface area contributed by atoms with Crippen molar-refractivity contribution in [3.05, 3.63) is 46.8 Å². The summed E-state index contributed by atoms with van der Waals surface area (Å²) in [6, 6.07) is 10.9. The van der Waals surface area contributed by atoms with Crippen LogP contribution in [0.15, 0.2) is 46.3 Å². The predicted molar refractivity (Wildman–Crippen MR) is 66.0 cm³/mol. The highest BCUT2D eigenvalue weighted by Crippen LogP contribution is 2.19. The van der Waals surface area contributed by atoms with Gasteiger partial charge < -0.3 is 5.73 Å². The van der Waals surface area contributed by atoms with E-state index in [2.05, 4.69) is 4.98 Å². The number of nitrogen functional groups attached to an aromatic ring is 1. The van der Waals surface area contributed by atoms with E-state index in [0.29, 0.717) is 11.0 Å². The first-order chi connectivity index (χ1) is 7.72. The van der Waals surface area contributed by atoms with Crippen molar-refractivity contribution in [3.8, 4) is 5.69 Å². The Hall–Kier alpha value is -1.75. The fourth-order valence-electron chi connectivity index (χ4n) is 1.45. The highest BCUT2D eigenvalue weighted by molar-refractivity contribution is 7.98. The Labute approximate surface area is 97.1 Å². The number of benzene rings is 1. The Morgan fingerprint density at radius 2 is 2.00 bits per heavy atom. The second-order valence-corrected chi connectivity index (χ2v) is 3.95. The van der Waals surface area contributed by atoms with Gasteiger partial charge in [-0.2, -0.15) is 4.98 Å². The minimum absolute atomic E-state index is 0.311. The van der Waals surface area contributed by atoms with Gasteiger partial charge in [0.05, 0.1) is 0 Å². The third kappa shape index (κ3) is 1.94. The molecule has 0 unspecified atom stereocenters. The molecule has 1 heterocycles. The molecule has 0 atom stereocenters. The number of hydrogen-bond donors (Lipinski definition) is 1. The first-order valence-electron chi connectivity index (χ1n) is 4.71. The van der Waals surface area contributed by atoms with Gasteiger partial charge in [-0.05, 0) is 18.4 Å². The molecule has 0 radical (unpaired) electrons. The van der Waals surface area contributed by atoms with Crippen molar-refractivity contribution in [3.63, 3.8) is 0 Å². The quantitative estimate of drug-likeness (QED) is 0.631. The Kier molecular flexibility index (Phi) is 2.96. The molecular formula is C11H11N3OS. The van der Waals surface area contributed by atoms with E-state index < -0.39 is 0 Å². The van der Waals surface area contributed by atoms with Crippen LogP contribution in [0.5, 0.6) is 0 Å². The molecule has 82 valence electrons. The van der Waals surface area contributed by atoms with Crippen LogP contribution in [0, 0.1) is 0 Å². The molecule has 4 nitrogen and oxygen atoms in total. The molecule has 1 aromatic heterocycles. The monoisotopic (exact) mass is 233 g/mol. The zero-order valence-corrected chi connectivity index (χ0v) is 9.57. The number of rotatable bonds is 2. The highest BCUT2D eigenvalue weighted by Gasteiger charge is 2.07. The first kappa shape index (κ1) is 10.8. The van der Waals surface area contributed by atoms with Crippen LogP contribution in [0.3, 0.4) is 0 Å². The molecule has 0 aliphatic heterocycles. The molecule has 0 saturated carbocycles. The van der Waals surface area contributed by atoms with Gasteiger partial charge in [0, 0.05) is 11.8 Å². The Morgan fingerprint density at radius 3 is 2.62 bits per heavy atom. The molecule has 5 heteroatoms. The lowest BCUT2D eigenvalue weighted by molar-refractivity contribution is 0.825. The van der Waals surface area contributed by atoms with Crippen molar-refractivity contribution < 1.29 is 0 Å². The maximum Gasteiger partial charge on any atom is 0.275 e. The molecule has 2 rings (SSSR count). The standard InChI is InChI=1S/C11H11N3OS/c1-16-11-13-10(15)7-9(12)14(11)8-5-3-2-4-6-8/h2-7H,12H2,1H3. The van der Waals surface area contributed by atoms with Crippen LogP contribution in [0.25, 0.3) is 5.69 Å². The van der Waals surface area contributed by atoms with E-state index >= 15 is 0 Å². The number of aromatic nitrogens is 2. The molecule has 0 fully saturated rings. The molecule has 2 aromatic rings. The molecule has 0 spiro atoms. The zero-order chi connectivity index (χ0) is 11.5. The third-order valence-electron chi connectivity index (χ3n) is 2.12. The van der Waals surface area contributed by atoms with Crippen LogP contribution in [-0.2, 0) is 0 Å². The normalized spacial score (nSPS) is 10.3. The first-order valence-corrected chi connectivity index (χ1v) is 5.94. The lowest BCUT2D eigenvalue weighted by Gasteiger charge is -2.13. The molecule has 16 heavy (non-hydrogen) atoms. The van der Waals surface area contributed by atoms with Crippen molar-refractivity contribution in [1.82, 2.24) is 9.55 Å². The number of anilines is 1. The molecular weight excluding hydrogens is 222 g/mol. The van der Waals surface area contributed by atoms with Gasteiger partial charge in [-0.15, -0.1) is 0 Å². The number of nitrogens with two attached hydrogens (primary N) is 1. The lowest BCUT2D eigenvalue weighted by Crippen LogP contribution is -2.16. The van der Waals surface area contributed by atoms with Gasteiger partial charge in [-0.1, -0.05) is 30.0 Å². The van der Waals surface area contributed by atoms with Crippen LogP contribution in [-0.4, -0.2) is 15.8 Å². The molecule has 0 aliphatic rings.